The molecule has 1 aliphatic rings. The number of likely N-dealkylation sites (N-methyl/N-ethyl adjacent to an activating group) is 1. The number of hydrogen-bond acceptors (Lipinski definition) is 3. The van der Waals surface area contributed by atoms with Gasteiger partial charge in [0.15, 0.2) is 0 Å². The van der Waals surface area contributed by atoms with Crippen LogP contribution in [0.25, 0.3) is 0 Å². The molecule has 1 heterocycles. The van der Waals surface area contributed by atoms with Gasteiger partial charge in [-0.3, -0.25) is 9.59 Å². The fourth-order valence-electron chi connectivity index (χ4n) is 2.87. The van der Waals surface area contributed by atoms with Crippen molar-refractivity contribution in [2.75, 3.05) is 19.6 Å². The van der Waals surface area contributed by atoms with Crippen LogP contribution in [-0.2, 0) is 4.79 Å². The van der Waals surface area contributed by atoms with E-state index < -0.39 is 17.8 Å². The zero-order valence-corrected chi connectivity index (χ0v) is 14.0. The number of rotatable bonds is 4. The number of amides is 2. The summed E-state index contributed by atoms with van der Waals surface area (Å²) in [5, 5.41) is -0.0459. The summed E-state index contributed by atoms with van der Waals surface area (Å²) in [6.07, 6.45) is 0.414. The Morgan fingerprint density at radius 3 is 2.61 bits per heavy atom. The van der Waals surface area contributed by atoms with Crippen LogP contribution in [0.5, 0.6) is 0 Å². The molecule has 0 saturated carbocycles. The first-order valence-corrected chi connectivity index (χ1v) is 8.07. The Hall–Kier alpha value is -1.66. The van der Waals surface area contributed by atoms with Gasteiger partial charge < -0.3 is 15.5 Å². The second-order valence-electron chi connectivity index (χ2n) is 5.61. The molecule has 2 N–H and O–H groups in total. The summed E-state index contributed by atoms with van der Waals surface area (Å²) in [4.78, 5) is 28.4. The van der Waals surface area contributed by atoms with Crippen LogP contribution in [0.15, 0.2) is 18.2 Å². The summed E-state index contributed by atoms with van der Waals surface area (Å²) in [5.41, 5.74) is 6.11. The van der Waals surface area contributed by atoms with Gasteiger partial charge in [0.25, 0.3) is 5.91 Å². The van der Waals surface area contributed by atoms with Crippen molar-refractivity contribution in [3.05, 3.63) is 34.6 Å². The third-order valence-electron chi connectivity index (χ3n) is 4.12. The maximum absolute atomic E-state index is 13.6. The minimum atomic E-state index is -0.660. The number of halogens is 2. The molecule has 1 aromatic rings. The molecule has 2 amide bonds. The molecule has 0 aromatic heterocycles. The number of hydrogen-bond donors (Lipinski definition) is 1. The lowest BCUT2D eigenvalue weighted by Crippen LogP contribution is -2.47. The van der Waals surface area contributed by atoms with Gasteiger partial charge in [-0.05, 0) is 38.5 Å². The summed E-state index contributed by atoms with van der Waals surface area (Å²) < 4.78 is 13.6. The molecule has 0 spiro atoms. The molecule has 1 aliphatic heterocycles. The summed E-state index contributed by atoms with van der Waals surface area (Å²) in [7, 11) is 0. The standard InChI is InChI=1S/C16H21ClFN3O2/c1-3-20(4-2)16(23)14-8-11(19)9-21(14)15(22)10-5-6-12(17)13(18)7-10/h5-7,11,14H,3-4,8-9,19H2,1-2H3/t11-,14+/m1/s1. The highest BCUT2D eigenvalue weighted by atomic mass is 35.5. The highest BCUT2D eigenvalue weighted by Crippen LogP contribution is 2.23. The number of nitrogens with two attached hydrogens (primary N) is 1. The molecule has 126 valence electrons. The van der Waals surface area contributed by atoms with E-state index in [-0.39, 0.29) is 29.1 Å². The van der Waals surface area contributed by atoms with Crippen LogP contribution >= 0.6 is 11.6 Å². The predicted octanol–water partition coefficient (Wildman–Crippen LogP) is 1.89. The Morgan fingerprint density at radius 2 is 2.04 bits per heavy atom. The van der Waals surface area contributed by atoms with E-state index >= 15 is 0 Å². The van der Waals surface area contributed by atoms with E-state index in [1.807, 2.05) is 13.8 Å². The Balaban J connectivity index is 2.26. The summed E-state index contributed by atoms with van der Waals surface area (Å²) >= 11 is 5.65. The van der Waals surface area contributed by atoms with Crippen molar-refractivity contribution in [1.82, 2.24) is 9.80 Å². The summed E-state index contributed by atoms with van der Waals surface area (Å²) in [6.45, 7) is 5.19. The fourth-order valence-corrected chi connectivity index (χ4v) is 2.99. The van der Waals surface area contributed by atoms with Crippen LogP contribution in [0.1, 0.15) is 30.6 Å². The van der Waals surface area contributed by atoms with Gasteiger partial charge in [-0.1, -0.05) is 11.6 Å². The van der Waals surface area contributed by atoms with Crippen LogP contribution in [0.2, 0.25) is 5.02 Å². The summed E-state index contributed by atoms with van der Waals surface area (Å²) in [5.74, 6) is -1.18. The van der Waals surface area contributed by atoms with Crippen LogP contribution < -0.4 is 5.73 Å². The second kappa shape index (κ2) is 7.27. The van der Waals surface area contributed by atoms with E-state index in [4.69, 9.17) is 17.3 Å². The number of likely N-dealkylation sites (tertiary alicyclic amines) is 1. The van der Waals surface area contributed by atoms with Gasteiger partial charge in [0.2, 0.25) is 5.91 Å². The molecule has 0 aliphatic carbocycles. The van der Waals surface area contributed by atoms with E-state index in [9.17, 15) is 14.0 Å². The quantitative estimate of drug-likeness (QED) is 0.909. The smallest absolute Gasteiger partial charge is 0.254 e. The Morgan fingerprint density at radius 1 is 1.39 bits per heavy atom. The van der Waals surface area contributed by atoms with Crippen molar-refractivity contribution in [3.63, 3.8) is 0 Å². The molecule has 2 rings (SSSR count). The first-order chi connectivity index (χ1) is 10.9. The van der Waals surface area contributed by atoms with Crippen molar-refractivity contribution in [2.24, 2.45) is 5.73 Å². The van der Waals surface area contributed by atoms with Crippen LogP contribution in [0.3, 0.4) is 0 Å². The molecule has 1 aromatic carbocycles. The van der Waals surface area contributed by atoms with Crippen LogP contribution in [0, 0.1) is 5.82 Å². The molecule has 0 unspecified atom stereocenters. The summed E-state index contributed by atoms with van der Waals surface area (Å²) in [6, 6.07) is 3.02. The number of carbonyl (C=O) groups excluding carboxylic acids is 2. The van der Waals surface area contributed by atoms with Crippen molar-refractivity contribution in [1.29, 1.82) is 0 Å². The molecule has 0 radical (unpaired) electrons. The van der Waals surface area contributed by atoms with Gasteiger partial charge in [-0.15, -0.1) is 0 Å². The number of carbonyl (C=O) groups is 2. The fraction of sp³-hybridized carbons (Fsp3) is 0.500. The van der Waals surface area contributed by atoms with Crippen LogP contribution in [0.4, 0.5) is 4.39 Å². The van der Waals surface area contributed by atoms with E-state index in [2.05, 4.69) is 0 Å². The van der Waals surface area contributed by atoms with E-state index in [0.717, 1.165) is 6.07 Å². The lowest BCUT2D eigenvalue weighted by molar-refractivity contribution is -0.134. The lowest BCUT2D eigenvalue weighted by atomic mass is 10.1. The lowest BCUT2D eigenvalue weighted by Gasteiger charge is -2.29. The van der Waals surface area contributed by atoms with E-state index in [1.54, 1.807) is 4.90 Å². The molecular formula is C16H21ClFN3O2. The first-order valence-electron chi connectivity index (χ1n) is 7.69. The minimum Gasteiger partial charge on any atom is -0.341 e. The molecule has 1 saturated heterocycles. The second-order valence-corrected chi connectivity index (χ2v) is 6.02. The first kappa shape index (κ1) is 17.7. The molecular weight excluding hydrogens is 321 g/mol. The Labute approximate surface area is 140 Å². The topological polar surface area (TPSA) is 66.6 Å². The average molecular weight is 342 g/mol. The maximum atomic E-state index is 13.6. The Bertz CT molecular complexity index is 607. The van der Waals surface area contributed by atoms with Gasteiger partial charge in [-0.2, -0.15) is 0 Å². The van der Waals surface area contributed by atoms with Gasteiger partial charge in [0.1, 0.15) is 11.9 Å². The Kier molecular flexibility index (Phi) is 5.59. The van der Waals surface area contributed by atoms with Crippen molar-refractivity contribution in [2.45, 2.75) is 32.4 Å². The number of benzene rings is 1. The molecule has 23 heavy (non-hydrogen) atoms. The highest BCUT2D eigenvalue weighted by molar-refractivity contribution is 6.30. The van der Waals surface area contributed by atoms with Gasteiger partial charge in [-0.25, -0.2) is 4.39 Å². The maximum Gasteiger partial charge on any atom is 0.254 e. The zero-order chi connectivity index (χ0) is 17.1. The van der Waals surface area contributed by atoms with E-state index in [0.29, 0.717) is 19.5 Å². The zero-order valence-electron chi connectivity index (χ0n) is 13.3. The number of nitrogens with zero attached hydrogens (tertiary/aromatic N) is 2. The molecule has 7 heteroatoms. The molecule has 2 atom stereocenters. The monoisotopic (exact) mass is 341 g/mol. The third kappa shape index (κ3) is 3.64. The molecule has 5 nitrogen and oxygen atoms in total. The minimum absolute atomic E-state index is 0.0459. The molecule has 1 fully saturated rings. The normalized spacial score (nSPS) is 20.7. The van der Waals surface area contributed by atoms with Gasteiger partial charge in [0.05, 0.1) is 5.02 Å². The van der Waals surface area contributed by atoms with E-state index in [1.165, 1.54) is 17.0 Å². The SMILES string of the molecule is CCN(CC)C(=O)[C@@H]1C[C@@H](N)CN1C(=O)c1ccc(Cl)c(F)c1. The predicted molar refractivity (Wildman–Crippen MR) is 86.8 cm³/mol. The van der Waals surface area contributed by atoms with Gasteiger partial charge >= 0.3 is 0 Å². The van der Waals surface area contributed by atoms with Crippen LogP contribution in [-0.4, -0.2) is 53.3 Å². The third-order valence-corrected chi connectivity index (χ3v) is 4.43. The van der Waals surface area contributed by atoms with Gasteiger partial charge in [0, 0.05) is 31.2 Å². The van der Waals surface area contributed by atoms with Crippen molar-refractivity contribution in [3.8, 4) is 0 Å². The van der Waals surface area contributed by atoms with Crippen molar-refractivity contribution < 1.29 is 14.0 Å². The molecule has 0 bridgehead atoms. The van der Waals surface area contributed by atoms with Crippen molar-refractivity contribution >= 4 is 23.4 Å². The average Bonchev–Trinajstić information content (AvgIpc) is 2.92. The largest absolute Gasteiger partial charge is 0.341 e. The highest BCUT2D eigenvalue weighted by Gasteiger charge is 2.39.